The number of anilines is 1. The number of aryl methyl sites for hydroxylation is 1. The number of nitrogens with zero attached hydrogens (tertiary/aromatic N) is 2. The van der Waals surface area contributed by atoms with Crippen LogP contribution in [0.2, 0.25) is 0 Å². The Morgan fingerprint density at radius 3 is 2.81 bits per heavy atom. The van der Waals surface area contributed by atoms with Crippen LogP contribution in [0.1, 0.15) is 62.9 Å². The quantitative estimate of drug-likeness (QED) is 0.896. The zero-order valence-corrected chi connectivity index (χ0v) is 12.9. The van der Waals surface area contributed by atoms with Crippen LogP contribution >= 0.6 is 0 Å². The van der Waals surface area contributed by atoms with Crippen LogP contribution in [-0.2, 0) is 0 Å². The smallest absolute Gasteiger partial charge is 0.319 e. The summed E-state index contributed by atoms with van der Waals surface area (Å²) in [5, 5.41) is 6.04. The van der Waals surface area contributed by atoms with Gasteiger partial charge in [0, 0.05) is 12.0 Å². The highest BCUT2D eigenvalue weighted by Crippen LogP contribution is 2.42. The third-order valence-corrected chi connectivity index (χ3v) is 4.42. The van der Waals surface area contributed by atoms with E-state index in [1.54, 1.807) is 6.20 Å². The fourth-order valence-electron chi connectivity index (χ4n) is 3.16. The van der Waals surface area contributed by atoms with Crippen LogP contribution in [-0.4, -0.2) is 22.0 Å². The summed E-state index contributed by atoms with van der Waals surface area (Å²) in [5.41, 5.74) is 1.76. The van der Waals surface area contributed by atoms with E-state index in [-0.39, 0.29) is 6.03 Å². The summed E-state index contributed by atoms with van der Waals surface area (Å²) < 4.78 is 0. The second-order valence-electron chi connectivity index (χ2n) is 6.56. The van der Waals surface area contributed by atoms with Crippen molar-refractivity contribution in [3.05, 3.63) is 17.7 Å². The largest absolute Gasteiger partial charge is 0.335 e. The summed E-state index contributed by atoms with van der Waals surface area (Å²) in [5.74, 6) is 1.97. The minimum Gasteiger partial charge on any atom is -0.335 e. The van der Waals surface area contributed by atoms with Crippen LogP contribution in [0.5, 0.6) is 0 Å². The second kappa shape index (κ2) is 6.00. The molecule has 1 aromatic heterocycles. The van der Waals surface area contributed by atoms with Gasteiger partial charge in [0.1, 0.15) is 5.82 Å². The van der Waals surface area contributed by atoms with Crippen molar-refractivity contribution in [1.29, 1.82) is 0 Å². The van der Waals surface area contributed by atoms with Crippen LogP contribution in [0.15, 0.2) is 6.20 Å². The van der Waals surface area contributed by atoms with Crippen LogP contribution in [0.4, 0.5) is 10.5 Å². The zero-order valence-electron chi connectivity index (χ0n) is 12.9. The number of carbonyl (C=O) groups is 1. The minimum absolute atomic E-state index is 0.122. The van der Waals surface area contributed by atoms with Gasteiger partial charge >= 0.3 is 6.03 Å². The fraction of sp³-hybridized carbons (Fsp3) is 0.688. The van der Waals surface area contributed by atoms with Gasteiger partial charge in [0.25, 0.3) is 0 Å². The molecule has 3 rings (SSSR count). The molecule has 2 fully saturated rings. The van der Waals surface area contributed by atoms with Gasteiger partial charge in [-0.2, -0.15) is 0 Å². The molecule has 5 heteroatoms. The number of aromatic nitrogens is 2. The van der Waals surface area contributed by atoms with Gasteiger partial charge in [0.05, 0.1) is 17.6 Å². The first-order valence-electron chi connectivity index (χ1n) is 8.03. The summed E-state index contributed by atoms with van der Waals surface area (Å²) in [7, 11) is 0. The Kier molecular flexibility index (Phi) is 4.08. The number of nitrogens with one attached hydrogen (secondary N) is 2. The number of amides is 2. The lowest BCUT2D eigenvalue weighted by atomic mass is 9.87. The third-order valence-electron chi connectivity index (χ3n) is 4.42. The van der Waals surface area contributed by atoms with Crippen molar-refractivity contribution in [2.24, 2.45) is 5.92 Å². The number of hydrogen-bond acceptors (Lipinski definition) is 3. The molecule has 2 aliphatic carbocycles. The predicted molar refractivity (Wildman–Crippen MR) is 82.3 cm³/mol. The van der Waals surface area contributed by atoms with Crippen molar-refractivity contribution in [3.8, 4) is 0 Å². The lowest BCUT2D eigenvalue weighted by molar-refractivity contribution is 0.238. The molecule has 2 N–H and O–H groups in total. The predicted octanol–water partition coefficient (Wildman–Crippen LogP) is 3.36. The average molecular weight is 288 g/mol. The molecule has 0 bridgehead atoms. The molecule has 5 nitrogen and oxygen atoms in total. The van der Waals surface area contributed by atoms with E-state index in [9.17, 15) is 4.79 Å². The average Bonchev–Trinajstić information content (AvgIpc) is 3.25. The van der Waals surface area contributed by atoms with Crippen molar-refractivity contribution >= 4 is 11.7 Å². The summed E-state index contributed by atoms with van der Waals surface area (Å²) in [6.45, 7) is 4.14. The van der Waals surface area contributed by atoms with Gasteiger partial charge < -0.3 is 10.6 Å². The number of urea groups is 1. The monoisotopic (exact) mass is 288 g/mol. The Balaban J connectivity index is 1.62. The van der Waals surface area contributed by atoms with E-state index in [2.05, 4.69) is 27.5 Å². The SMILES string of the molecule is Cc1ncc(NC(=O)NC2CCCC(C)C2)c(C2CC2)n1. The van der Waals surface area contributed by atoms with E-state index in [4.69, 9.17) is 0 Å². The maximum atomic E-state index is 12.2. The molecular formula is C16H24N4O. The lowest BCUT2D eigenvalue weighted by Crippen LogP contribution is -2.40. The Hall–Kier alpha value is -1.65. The molecule has 0 aromatic carbocycles. The molecule has 1 heterocycles. The number of hydrogen-bond donors (Lipinski definition) is 2. The molecule has 0 radical (unpaired) electrons. The molecule has 2 amide bonds. The maximum Gasteiger partial charge on any atom is 0.319 e. The Labute approximate surface area is 125 Å². The molecular weight excluding hydrogens is 264 g/mol. The van der Waals surface area contributed by atoms with E-state index >= 15 is 0 Å². The first-order chi connectivity index (χ1) is 10.1. The lowest BCUT2D eigenvalue weighted by Gasteiger charge is -2.27. The molecule has 0 saturated heterocycles. The van der Waals surface area contributed by atoms with Crippen LogP contribution < -0.4 is 10.6 Å². The molecule has 2 aliphatic rings. The molecule has 114 valence electrons. The summed E-state index contributed by atoms with van der Waals surface area (Å²) in [4.78, 5) is 20.9. The molecule has 2 atom stereocenters. The van der Waals surface area contributed by atoms with Gasteiger partial charge in [-0.05, 0) is 38.5 Å². The van der Waals surface area contributed by atoms with Crippen molar-refractivity contribution in [2.75, 3.05) is 5.32 Å². The van der Waals surface area contributed by atoms with E-state index in [1.165, 1.54) is 12.8 Å². The van der Waals surface area contributed by atoms with Gasteiger partial charge in [0.2, 0.25) is 0 Å². The third kappa shape index (κ3) is 3.71. The van der Waals surface area contributed by atoms with Crippen molar-refractivity contribution in [3.63, 3.8) is 0 Å². The molecule has 21 heavy (non-hydrogen) atoms. The zero-order chi connectivity index (χ0) is 14.8. The van der Waals surface area contributed by atoms with Gasteiger partial charge in [-0.25, -0.2) is 14.8 Å². The summed E-state index contributed by atoms with van der Waals surface area (Å²) >= 11 is 0. The Morgan fingerprint density at radius 1 is 1.29 bits per heavy atom. The van der Waals surface area contributed by atoms with Gasteiger partial charge in [-0.3, -0.25) is 0 Å². The minimum atomic E-state index is -0.122. The first-order valence-corrected chi connectivity index (χ1v) is 8.03. The van der Waals surface area contributed by atoms with Crippen molar-refractivity contribution in [1.82, 2.24) is 15.3 Å². The van der Waals surface area contributed by atoms with E-state index in [0.29, 0.717) is 17.9 Å². The molecule has 0 spiro atoms. The van der Waals surface area contributed by atoms with Crippen LogP contribution in [0.3, 0.4) is 0 Å². The molecule has 2 saturated carbocycles. The normalized spacial score (nSPS) is 25.4. The van der Waals surface area contributed by atoms with E-state index < -0.39 is 0 Å². The van der Waals surface area contributed by atoms with Crippen molar-refractivity contribution in [2.45, 2.75) is 64.3 Å². The van der Waals surface area contributed by atoms with Gasteiger partial charge in [-0.15, -0.1) is 0 Å². The van der Waals surface area contributed by atoms with Crippen LogP contribution in [0, 0.1) is 12.8 Å². The number of rotatable bonds is 3. The molecule has 1 aromatic rings. The summed E-state index contributed by atoms with van der Waals surface area (Å²) in [6.07, 6.45) is 8.69. The maximum absolute atomic E-state index is 12.2. The van der Waals surface area contributed by atoms with Crippen molar-refractivity contribution < 1.29 is 4.79 Å². The highest BCUT2D eigenvalue weighted by molar-refractivity contribution is 5.90. The summed E-state index contributed by atoms with van der Waals surface area (Å²) in [6, 6.07) is 0.174. The van der Waals surface area contributed by atoms with Gasteiger partial charge in [0.15, 0.2) is 0 Å². The highest BCUT2D eigenvalue weighted by atomic mass is 16.2. The highest BCUT2D eigenvalue weighted by Gasteiger charge is 2.29. The first kappa shape index (κ1) is 14.3. The Bertz CT molecular complexity index is 527. The van der Waals surface area contributed by atoms with Gasteiger partial charge in [-0.1, -0.05) is 19.8 Å². The number of carbonyl (C=O) groups excluding carboxylic acids is 1. The molecule has 2 unspecified atom stereocenters. The fourth-order valence-corrected chi connectivity index (χ4v) is 3.16. The topological polar surface area (TPSA) is 66.9 Å². The van der Waals surface area contributed by atoms with E-state index in [0.717, 1.165) is 42.9 Å². The standard InChI is InChI=1S/C16H24N4O/c1-10-4-3-5-13(8-10)19-16(21)20-14-9-17-11(2)18-15(14)12-6-7-12/h9-10,12-13H,3-8H2,1-2H3,(H2,19,20,21). The van der Waals surface area contributed by atoms with Crippen LogP contribution in [0.25, 0.3) is 0 Å². The van der Waals surface area contributed by atoms with E-state index in [1.807, 2.05) is 6.92 Å². The Morgan fingerprint density at radius 2 is 2.10 bits per heavy atom. The molecule has 0 aliphatic heterocycles. The second-order valence-corrected chi connectivity index (χ2v) is 6.56.